The lowest BCUT2D eigenvalue weighted by atomic mass is 10.2. The van der Waals surface area contributed by atoms with Crippen molar-refractivity contribution in [2.24, 2.45) is 5.92 Å². The third-order valence-electron chi connectivity index (χ3n) is 2.84. The van der Waals surface area contributed by atoms with Crippen LogP contribution in [-0.2, 0) is 9.53 Å². The third-order valence-corrected chi connectivity index (χ3v) is 3.33. The molecule has 0 atom stereocenters. The minimum absolute atomic E-state index is 0.201. The van der Waals surface area contributed by atoms with Gasteiger partial charge in [0.15, 0.2) is 0 Å². The normalized spacial score (nSPS) is 10.4. The molecular formula is C16H23BrN2O3. The number of amides is 2. The van der Waals surface area contributed by atoms with Crippen molar-refractivity contribution in [3.63, 3.8) is 0 Å². The van der Waals surface area contributed by atoms with Crippen LogP contribution in [-0.4, -0.2) is 36.6 Å². The summed E-state index contributed by atoms with van der Waals surface area (Å²) >= 11 is 3.37. The number of halogens is 1. The topological polar surface area (TPSA) is 58.6 Å². The molecule has 122 valence electrons. The van der Waals surface area contributed by atoms with Gasteiger partial charge in [0.2, 0.25) is 0 Å². The quantitative estimate of drug-likeness (QED) is 0.740. The van der Waals surface area contributed by atoms with Crippen LogP contribution in [0.1, 0.15) is 27.2 Å². The summed E-state index contributed by atoms with van der Waals surface area (Å²) in [5.41, 5.74) is 0.712. The first-order valence-corrected chi connectivity index (χ1v) is 8.18. The first kappa shape index (κ1) is 18.5. The van der Waals surface area contributed by atoms with Crippen LogP contribution in [0, 0.1) is 5.92 Å². The van der Waals surface area contributed by atoms with E-state index in [2.05, 4.69) is 21.2 Å². The Morgan fingerprint density at radius 1 is 1.36 bits per heavy atom. The second-order valence-corrected chi connectivity index (χ2v) is 6.25. The highest BCUT2D eigenvalue weighted by molar-refractivity contribution is 9.10. The van der Waals surface area contributed by atoms with E-state index in [1.165, 1.54) is 0 Å². The van der Waals surface area contributed by atoms with Crippen molar-refractivity contribution in [1.82, 2.24) is 4.90 Å². The Hall–Kier alpha value is -1.56. The number of esters is 1. The molecule has 0 aliphatic carbocycles. The number of hydrogen-bond acceptors (Lipinski definition) is 3. The molecule has 0 radical (unpaired) electrons. The van der Waals surface area contributed by atoms with E-state index in [-0.39, 0.29) is 18.4 Å². The molecule has 0 saturated carbocycles. The number of benzene rings is 1. The second-order valence-electron chi connectivity index (χ2n) is 5.34. The maximum atomic E-state index is 12.4. The fourth-order valence-corrected chi connectivity index (χ4v) is 2.34. The van der Waals surface area contributed by atoms with Gasteiger partial charge in [-0.05, 0) is 31.0 Å². The van der Waals surface area contributed by atoms with E-state index in [0.29, 0.717) is 31.3 Å². The molecule has 0 unspecified atom stereocenters. The van der Waals surface area contributed by atoms with Crippen LogP contribution in [0.2, 0.25) is 0 Å². The molecule has 5 nitrogen and oxygen atoms in total. The number of carbonyl (C=O) groups excluding carboxylic acids is 2. The van der Waals surface area contributed by atoms with Crippen LogP contribution in [0.15, 0.2) is 28.7 Å². The molecule has 2 amide bonds. The summed E-state index contributed by atoms with van der Waals surface area (Å²) in [6.07, 6.45) is 0.201. The van der Waals surface area contributed by atoms with Crippen molar-refractivity contribution in [1.29, 1.82) is 0 Å². The number of ether oxygens (including phenoxy) is 1. The van der Waals surface area contributed by atoms with Crippen molar-refractivity contribution in [2.45, 2.75) is 27.2 Å². The predicted octanol–water partition coefficient (Wildman–Crippen LogP) is 3.89. The molecule has 0 bridgehead atoms. The summed E-state index contributed by atoms with van der Waals surface area (Å²) in [4.78, 5) is 25.5. The van der Waals surface area contributed by atoms with E-state index in [1.807, 2.05) is 38.1 Å². The fraction of sp³-hybridized carbons (Fsp3) is 0.500. The Labute approximate surface area is 140 Å². The lowest BCUT2D eigenvalue weighted by molar-refractivity contribution is -0.143. The second kappa shape index (κ2) is 9.46. The van der Waals surface area contributed by atoms with Gasteiger partial charge in [-0.15, -0.1) is 0 Å². The van der Waals surface area contributed by atoms with E-state index in [0.717, 1.165) is 4.47 Å². The molecular weight excluding hydrogens is 348 g/mol. The molecule has 0 aliphatic heterocycles. The number of nitrogens with zero attached hydrogens (tertiary/aromatic N) is 1. The largest absolute Gasteiger partial charge is 0.466 e. The first-order chi connectivity index (χ1) is 10.4. The molecule has 0 aliphatic rings. The molecule has 0 saturated heterocycles. The van der Waals surface area contributed by atoms with Crippen molar-refractivity contribution >= 4 is 33.6 Å². The summed E-state index contributed by atoms with van der Waals surface area (Å²) in [6.45, 7) is 7.11. The van der Waals surface area contributed by atoms with Gasteiger partial charge < -0.3 is 15.0 Å². The lowest BCUT2D eigenvalue weighted by Crippen LogP contribution is -2.39. The lowest BCUT2D eigenvalue weighted by Gasteiger charge is -2.24. The highest BCUT2D eigenvalue weighted by Gasteiger charge is 2.17. The highest BCUT2D eigenvalue weighted by Crippen LogP contribution is 2.16. The standard InChI is InChI=1S/C16H23BrN2O3/c1-4-22-15(20)8-9-19(11-12(2)3)16(21)18-14-7-5-6-13(17)10-14/h5-7,10,12H,4,8-9,11H2,1-3H3,(H,18,21). The van der Waals surface area contributed by atoms with Crippen LogP contribution < -0.4 is 5.32 Å². The Bertz CT molecular complexity index is 506. The number of rotatable bonds is 7. The minimum atomic E-state index is -0.286. The van der Waals surface area contributed by atoms with Crippen molar-refractivity contribution in [3.05, 3.63) is 28.7 Å². The number of carbonyl (C=O) groups is 2. The fourth-order valence-electron chi connectivity index (χ4n) is 1.94. The van der Waals surface area contributed by atoms with E-state index in [9.17, 15) is 9.59 Å². The van der Waals surface area contributed by atoms with Gasteiger partial charge in [-0.3, -0.25) is 4.79 Å². The maximum Gasteiger partial charge on any atom is 0.321 e. The van der Waals surface area contributed by atoms with E-state index in [1.54, 1.807) is 11.8 Å². The molecule has 0 heterocycles. The van der Waals surface area contributed by atoms with Gasteiger partial charge in [0.05, 0.1) is 13.0 Å². The summed E-state index contributed by atoms with van der Waals surface area (Å²) in [6, 6.07) is 7.18. The molecule has 1 aromatic rings. The van der Waals surface area contributed by atoms with Crippen LogP contribution in [0.25, 0.3) is 0 Å². The van der Waals surface area contributed by atoms with Gasteiger partial charge in [0, 0.05) is 23.2 Å². The van der Waals surface area contributed by atoms with Gasteiger partial charge in [0.25, 0.3) is 0 Å². The number of urea groups is 1. The number of anilines is 1. The zero-order valence-electron chi connectivity index (χ0n) is 13.3. The minimum Gasteiger partial charge on any atom is -0.466 e. The van der Waals surface area contributed by atoms with Crippen LogP contribution in [0.4, 0.5) is 10.5 Å². The van der Waals surface area contributed by atoms with E-state index < -0.39 is 0 Å². The van der Waals surface area contributed by atoms with Gasteiger partial charge in [-0.2, -0.15) is 0 Å². The van der Waals surface area contributed by atoms with Gasteiger partial charge in [-0.25, -0.2) is 4.79 Å². The SMILES string of the molecule is CCOC(=O)CCN(CC(C)C)C(=O)Nc1cccc(Br)c1. The van der Waals surface area contributed by atoms with Gasteiger partial charge in [0.1, 0.15) is 0 Å². The molecule has 22 heavy (non-hydrogen) atoms. The first-order valence-electron chi connectivity index (χ1n) is 7.39. The van der Waals surface area contributed by atoms with Crippen molar-refractivity contribution in [2.75, 3.05) is 25.0 Å². The highest BCUT2D eigenvalue weighted by atomic mass is 79.9. The zero-order valence-corrected chi connectivity index (χ0v) is 14.9. The molecule has 6 heteroatoms. The summed E-state index contributed by atoms with van der Waals surface area (Å²) < 4.78 is 5.80. The van der Waals surface area contributed by atoms with Gasteiger partial charge in [-0.1, -0.05) is 35.8 Å². The monoisotopic (exact) mass is 370 g/mol. The number of hydrogen-bond donors (Lipinski definition) is 1. The summed E-state index contributed by atoms with van der Waals surface area (Å²) in [5.74, 6) is 0.0296. The van der Waals surface area contributed by atoms with Gasteiger partial charge >= 0.3 is 12.0 Å². The summed E-state index contributed by atoms with van der Waals surface area (Å²) in [7, 11) is 0. The molecule has 1 aromatic carbocycles. The van der Waals surface area contributed by atoms with Crippen molar-refractivity contribution < 1.29 is 14.3 Å². The smallest absolute Gasteiger partial charge is 0.321 e. The Kier molecular flexibility index (Phi) is 7.95. The summed E-state index contributed by atoms with van der Waals surface area (Å²) in [5, 5.41) is 2.85. The molecule has 1 N–H and O–H groups in total. The average Bonchev–Trinajstić information content (AvgIpc) is 2.43. The predicted molar refractivity (Wildman–Crippen MR) is 90.8 cm³/mol. The van der Waals surface area contributed by atoms with Crippen molar-refractivity contribution in [3.8, 4) is 0 Å². The molecule has 0 fully saturated rings. The molecule has 1 rings (SSSR count). The zero-order chi connectivity index (χ0) is 16.5. The van der Waals surface area contributed by atoms with Crippen LogP contribution >= 0.6 is 15.9 Å². The van der Waals surface area contributed by atoms with Crippen LogP contribution in [0.5, 0.6) is 0 Å². The Balaban J connectivity index is 2.65. The Morgan fingerprint density at radius 3 is 2.68 bits per heavy atom. The van der Waals surface area contributed by atoms with Crippen LogP contribution in [0.3, 0.4) is 0 Å². The van der Waals surface area contributed by atoms with E-state index in [4.69, 9.17) is 4.74 Å². The average molecular weight is 371 g/mol. The Morgan fingerprint density at radius 2 is 2.09 bits per heavy atom. The molecule has 0 aromatic heterocycles. The number of nitrogens with one attached hydrogen (secondary N) is 1. The third kappa shape index (κ3) is 6.93. The maximum absolute atomic E-state index is 12.4. The van der Waals surface area contributed by atoms with E-state index >= 15 is 0 Å². The molecule has 0 spiro atoms.